The van der Waals surface area contributed by atoms with Crippen LogP contribution < -0.4 is 76.5 Å². The molecule has 0 fully saturated rings. The zero-order valence-electron chi connectivity index (χ0n) is 37.2. The van der Waals surface area contributed by atoms with Crippen molar-refractivity contribution in [2.24, 2.45) is 33.7 Å². The van der Waals surface area contributed by atoms with E-state index in [1.807, 2.05) is 10.6 Å². The molecule has 0 saturated carbocycles. The molecule has 68 heavy (non-hydrogen) atoms. The first-order valence-electron chi connectivity index (χ1n) is 20.4. The predicted molar refractivity (Wildman–Crippen MR) is 230 cm³/mol. The monoisotopic (exact) mass is 975 g/mol. The molecule has 32 heteroatoms. The Balaban J connectivity index is 5.76. The van der Waals surface area contributed by atoms with Crippen molar-refractivity contribution < 1.29 is 82.8 Å². The molecule has 0 unspecified atom stereocenters. The van der Waals surface area contributed by atoms with E-state index in [9.17, 15) is 82.8 Å². The van der Waals surface area contributed by atoms with Crippen LogP contribution in [0.3, 0.4) is 0 Å². The first-order chi connectivity index (χ1) is 31.6. The van der Waals surface area contributed by atoms with Crippen LogP contribution in [0.15, 0.2) is 4.99 Å². The molecule has 9 atom stereocenters. The van der Waals surface area contributed by atoms with Crippen molar-refractivity contribution in [1.82, 2.24) is 47.9 Å². The van der Waals surface area contributed by atoms with Crippen LogP contribution in [-0.2, 0) is 62.3 Å². The number of amides is 11. The van der Waals surface area contributed by atoms with Gasteiger partial charge < -0.3 is 96.9 Å². The summed E-state index contributed by atoms with van der Waals surface area (Å²) in [7, 11) is 0. The van der Waals surface area contributed by atoms with Crippen LogP contribution in [0.2, 0.25) is 0 Å². The van der Waals surface area contributed by atoms with Gasteiger partial charge >= 0.3 is 11.9 Å². The molecular weight excluding hydrogens is 914 g/mol. The number of aliphatic imine (C=N–C) groups is 1. The number of guanidine groups is 1. The third-order valence-electron chi connectivity index (χ3n) is 8.91. The molecule has 0 radical (unpaired) electrons. The van der Waals surface area contributed by atoms with Gasteiger partial charge in [0.1, 0.15) is 42.3 Å². The van der Waals surface area contributed by atoms with Gasteiger partial charge in [-0.1, -0.05) is 0 Å². The molecule has 382 valence electrons. The molecule has 0 aliphatic rings. The summed E-state index contributed by atoms with van der Waals surface area (Å²) < 4.78 is 0. The molecule has 32 nitrogen and oxygen atoms in total. The van der Waals surface area contributed by atoms with E-state index in [0.717, 1.165) is 20.8 Å². The number of carbonyl (C=O) groups excluding carboxylic acids is 11. The van der Waals surface area contributed by atoms with Crippen LogP contribution in [0.25, 0.3) is 0 Å². The number of carboxylic acids is 2. The van der Waals surface area contributed by atoms with Gasteiger partial charge in [-0.05, 0) is 40.0 Å². The third kappa shape index (κ3) is 24.5. The van der Waals surface area contributed by atoms with E-state index in [2.05, 4.69) is 42.2 Å². The zero-order valence-corrected chi connectivity index (χ0v) is 37.2. The predicted octanol–water partition coefficient (Wildman–Crippen LogP) is -10.9. The Bertz CT molecular complexity index is 1900. The number of nitrogens with two attached hydrogens (primary N) is 5. The molecule has 0 aromatic rings. The summed E-state index contributed by atoms with van der Waals surface area (Å²) in [6, 6.07) is -13.1. The van der Waals surface area contributed by atoms with Gasteiger partial charge in [-0.15, -0.1) is 0 Å². The Labute approximate surface area is 386 Å². The SMILES string of the molecule is C[C@H](NC(=O)[C@H](CCCN=C(N)N)NC(=O)CNC(=O)[C@@H](N)CC(N)=O)C(=O)N[C@@H](CO)C(=O)N[C@@H](CC(=O)O)C(=O)N[C@H](C(=O)N[C@@H](C)C(=O)NCC(=O)N[C@@H](CCC(N)=O)C(=O)O)[C@@H](C)O. The first kappa shape index (κ1) is 60.3. The Morgan fingerprint density at radius 2 is 1.04 bits per heavy atom. The van der Waals surface area contributed by atoms with Crippen molar-refractivity contribution in [1.29, 1.82) is 0 Å². The highest BCUT2D eigenvalue weighted by molar-refractivity contribution is 5.99. The maximum atomic E-state index is 13.3. The van der Waals surface area contributed by atoms with Crippen molar-refractivity contribution >= 4 is 82.9 Å². The summed E-state index contributed by atoms with van der Waals surface area (Å²) in [5.41, 5.74) is 26.2. The molecule has 0 spiro atoms. The highest BCUT2D eigenvalue weighted by Gasteiger charge is 2.35. The van der Waals surface area contributed by atoms with Gasteiger partial charge in [-0.3, -0.25) is 62.5 Å². The lowest BCUT2D eigenvalue weighted by Gasteiger charge is -2.26. The number of nitrogens with one attached hydrogen (secondary N) is 9. The second-order valence-corrected chi connectivity index (χ2v) is 14.8. The normalized spacial score (nSPS) is 14.6. The van der Waals surface area contributed by atoms with E-state index >= 15 is 0 Å². The Morgan fingerprint density at radius 1 is 0.544 bits per heavy atom. The number of primary amides is 2. The van der Waals surface area contributed by atoms with Crippen LogP contribution in [-0.4, -0.2) is 184 Å². The fourth-order valence-corrected chi connectivity index (χ4v) is 5.29. The van der Waals surface area contributed by atoms with Crippen LogP contribution >= 0.6 is 0 Å². The number of aliphatic carboxylic acids is 2. The molecule has 0 aromatic heterocycles. The fourth-order valence-electron chi connectivity index (χ4n) is 5.29. The van der Waals surface area contributed by atoms with E-state index in [4.69, 9.17) is 28.7 Å². The average Bonchev–Trinajstić information content (AvgIpc) is 3.23. The van der Waals surface area contributed by atoms with Gasteiger partial charge in [-0.2, -0.15) is 0 Å². The minimum absolute atomic E-state index is 0.00240. The minimum Gasteiger partial charge on any atom is -0.481 e. The van der Waals surface area contributed by atoms with Gasteiger partial charge in [0.2, 0.25) is 65.0 Å². The van der Waals surface area contributed by atoms with Crippen molar-refractivity contribution in [2.45, 2.75) is 114 Å². The topological polar surface area (TPSA) is 554 Å². The van der Waals surface area contributed by atoms with E-state index < -0.39 is 164 Å². The fraction of sp³-hybridized carbons (Fsp3) is 0.611. The van der Waals surface area contributed by atoms with Crippen molar-refractivity contribution in [3.63, 3.8) is 0 Å². The minimum atomic E-state index is -2.04. The molecule has 0 heterocycles. The highest BCUT2D eigenvalue weighted by Crippen LogP contribution is 2.04. The lowest BCUT2D eigenvalue weighted by molar-refractivity contribution is -0.142. The number of aliphatic hydroxyl groups is 2. The molecule has 11 amide bonds. The number of rotatable bonds is 32. The van der Waals surface area contributed by atoms with E-state index in [0.29, 0.717) is 0 Å². The average molecular weight is 976 g/mol. The standard InChI is InChI=1S/C36H61N15O17/c1-14(28(60)43-11-25(57)48-19(35(67)68)6-7-22(38)54)46-34(66)27(16(3)53)51-32(64)20(10-26(58)59)49-33(65)21(13-52)50-29(61)15(2)45-31(63)18(5-4-8-42-36(40)41)47-24(56)12-44-30(62)17(37)9-23(39)55/h14-21,27,52-53H,4-13,37H2,1-3H3,(H2,38,54)(H2,39,55)(H,43,60)(H,44,62)(H,45,63)(H,46,66)(H,47,56)(H,48,57)(H,49,65)(H,50,61)(H,51,64)(H,58,59)(H,67,68)(H4,40,41,42)/t14-,15-,16+,17-,18-,19-,20-,21-,27-/m0/s1. The Kier molecular flexibility index (Phi) is 27.0. The van der Waals surface area contributed by atoms with Crippen molar-refractivity contribution in [2.75, 3.05) is 26.2 Å². The highest BCUT2D eigenvalue weighted by atomic mass is 16.4. The summed E-state index contributed by atoms with van der Waals surface area (Å²) in [5, 5.41) is 58.2. The number of hydrogen-bond acceptors (Lipinski definition) is 17. The molecule has 0 bridgehead atoms. The molecule has 0 aliphatic carbocycles. The number of hydrogen-bond donors (Lipinski definition) is 18. The largest absolute Gasteiger partial charge is 0.481 e. The van der Waals surface area contributed by atoms with Gasteiger partial charge in [0.25, 0.3) is 0 Å². The number of carbonyl (C=O) groups is 13. The lowest BCUT2D eigenvalue weighted by atomic mass is 10.1. The third-order valence-corrected chi connectivity index (χ3v) is 8.91. The summed E-state index contributed by atoms with van der Waals surface area (Å²) in [5.74, 6) is -15.0. The van der Waals surface area contributed by atoms with Crippen molar-refractivity contribution in [3.8, 4) is 0 Å². The van der Waals surface area contributed by atoms with Crippen LogP contribution in [0.4, 0.5) is 0 Å². The molecule has 0 rings (SSSR count). The zero-order chi connectivity index (χ0) is 52.4. The summed E-state index contributed by atoms with van der Waals surface area (Å²) in [4.78, 5) is 164. The number of carboxylic acid groups (broad SMARTS) is 2. The molecule has 0 saturated heterocycles. The van der Waals surface area contributed by atoms with Gasteiger partial charge in [0.15, 0.2) is 5.96 Å². The van der Waals surface area contributed by atoms with E-state index in [1.54, 1.807) is 0 Å². The Hall–Kier alpha value is -7.74. The second-order valence-electron chi connectivity index (χ2n) is 14.8. The lowest BCUT2D eigenvalue weighted by Crippen LogP contribution is -2.61. The Morgan fingerprint density at radius 3 is 1.54 bits per heavy atom. The number of aliphatic hydroxyl groups excluding tert-OH is 2. The van der Waals surface area contributed by atoms with Crippen LogP contribution in [0, 0.1) is 0 Å². The summed E-state index contributed by atoms with van der Waals surface area (Å²) in [6.45, 7) is 0.625. The number of nitrogens with zero attached hydrogens (tertiary/aromatic N) is 1. The second kappa shape index (κ2) is 30.5. The van der Waals surface area contributed by atoms with E-state index in [-0.39, 0.29) is 38.2 Å². The quantitative estimate of drug-likeness (QED) is 0.0169. The smallest absolute Gasteiger partial charge is 0.326 e. The van der Waals surface area contributed by atoms with Gasteiger partial charge in [0.05, 0.1) is 44.7 Å². The molecule has 0 aliphatic heterocycles. The molecule has 23 N–H and O–H groups in total. The van der Waals surface area contributed by atoms with Gasteiger partial charge in [-0.25, -0.2) is 4.79 Å². The summed E-state index contributed by atoms with van der Waals surface area (Å²) in [6.07, 6.45) is -4.14. The van der Waals surface area contributed by atoms with Crippen LogP contribution in [0.5, 0.6) is 0 Å². The van der Waals surface area contributed by atoms with Crippen LogP contribution in [0.1, 0.15) is 59.3 Å². The maximum Gasteiger partial charge on any atom is 0.326 e. The van der Waals surface area contributed by atoms with Crippen molar-refractivity contribution in [3.05, 3.63) is 0 Å². The first-order valence-corrected chi connectivity index (χ1v) is 20.4. The molecule has 0 aromatic carbocycles. The van der Waals surface area contributed by atoms with Gasteiger partial charge in [0, 0.05) is 13.0 Å². The molecular formula is C36H61N15O17. The maximum absolute atomic E-state index is 13.3. The van der Waals surface area contributed by atoms with E-state index in [1.165, 1.54) is 0 Å². The summed E-state index contributed by atoms with van der Waals surface area (Å²) >= 11 is 0.